The molecule has 4 aliphatic carbocycles. The van der Waals surface area contributed by atoms with Crippen molar-refractivity contribution in [2.45, 2.75) is 111 Å². The number of nitrogens with zero attached hydrogens (tertiary/aromatic N) is 1. The molecule has 1 aromatic carbocycles. The fourth-order valence-corrected chi connectivity index (χ4v) is 10.5. The molecule has 4 fully saturated rings. The maximum atomic E-state index is 12.5. The van der Waals surface area contributed by atoms with Gasteiger partial charge in [0.1, 0.15) is 18.0 Å². The third-order valence-corrected chi connectivity index (χ3v) is 12.4. The molecule has 6 nitrogen and oxygen atoms in total. The number of hydrogen-bond donors (Lipinski definition) is 1. The third kappa shape index (κ3) is 4.67. The number of carbonyl (C=O) groups is 2. The molecule has 6 heteroatoms. The molecule has 40 heavy (non-hydrogen) atoms. The predicted molar refractivity (Wildman–Crippen MR) is 155 cm³/mol. The quantitative estimate of drug-likeness (QED) is 0.384. The summed E-state index contributed by atoms with van der Waals surface area (Å²) in [5.74, 6) is 4.28. The van der Waals surface area contributed by atoms with Crippen molar-refractivity contribution in [1.29, 1.82) is 0 Å². The molecule has 2 aromatic rings. The summed E-state index contributed by atoms with van der Waals surface area (Å²) in [6.07, 6.45) is 11.0. The summed E-state index contributed by atoms with van der Waals surface area (Å²) in [6.45, 7) is 10.5. The lowest BCUT2D eigenvalue weighted by molar-refractivity contribution is -0.197. The maximum Gasteiger partial charge on any atom is 0.302 e. The van der Waals surface area contributed by atoms with Gasteiger partial charge in [-0.1, -0.05) is 32.9 Å². The van der Waals surface area contributed by atoms with Crippen LogP contribution < -0.4 is 0 Å². The second kappa shape index (κ2) is 10.5. The van der Waals surface area contributed by atoms with Crippen LogP contribution in [0.3, 0.4) is 0 Å². The SMILES string of the molecule is CC(=O)O[C@H]1CC[C@@]2(C)[C@H](CC[C@H]3[C@H]2C[C@H](OC(C)=O)[C@]2(C)[C@@H]([C@H](C)CCc4nc5ccccc5[nH]4)CC[C@@H]32)C1. The summed E-state index contributed by atoms with van der Waals surface area (Å²) >= 11 is 0. The van der Waals surface area contributed by atoms with E-state index in [0.29, 0.717) is 35.5 Å². The maximum absolute atomic E-state index is 12.5. The number of para-hydroxylation sites is 2. The van der Waals surface area contributed by atoms with Gasteiger partial charge in [0.05, 0.1) is 11.0 Å². The van der Waals surface area contributed by atoms with Crippen LogP contribution in [-0.4, -0.2) is 34.1 Å². The van der Waals surface area contributed by atoms with Gasteiger partial charge in [-0.15, -0.1) is 0 Å². The Hall–Kier alpha value is -2.37. The Kier molecular flexibility index (Phi) is 7.28. The van der Waals surface area contributed by atoms with E-state index in [-0.39, 0.29) is 35.0 Å². The molecule has 1 aromatic heterocycles. The average molecular weight is 549 g/mol. The predicted octanol–water partition coefficient (Wildman–Crippen LogP) is 7.26. The average Bonchev–Trinajstić information content (AvgIpc) is 3.49. The van der Waals surface area contributed by atoms with E-state index >= 15 is 0 Å². The molecular weight excluding hydrogens is 500 g/mol. The number of fused-ring (bicyclic) bond motifs is 6. The molecular formula is C34H48N2O4. The normalized spacial score (nSPS) is 39.6. The van der Waals surface area contributed by atoms with E-state index in [1.807, 2.05) is 6.07 Å². The number of aryl methyl sites for hydroxylation is 1. The fraction of sp³-hybridized carbons (Fsp3) is 0.735. The summed E-state index contributed by atoms with van der Waals surface area (Å²) in [7, 11) is 0. The Labute approximate surface area is 239 Å². The lowest BCUT2D eigenvalue weighted by Crippen LogP contribution is -2.59. The number of aromatic amines is 1. The summed E-state index contributed by atoms with van der Waals surface area (Å²) in [6, 6.07) is 8.26. The first kappa shape index (κ1) is 27.8. The lowest BCUT2D eigenvalue weighted by atomic mass is 9.43. The van der Waals surface area contributed by atoms with E-state index in [0.717, 1.165) is 55.4 Å². The van der Waals surface area contributed by atoms with Gasteiger partial charge in [-0.05, 0) is 111 Å². The Balaban J connectivity index is 1.22. The van der Waals surface area contributed by atoms with Crippen LogP contribution in [-0.2, 0) is 25.5 Å². The number of hydrogen-bond acceptors (Lipinski definition) is 5. The van der Waals surface area contributed by atoms with Crippen molar-refractivity contribution < 1.29 is 19.1 Å². The third-order valence-electron chi connectivity index (χ3n) is 12.4. The molecule has 1 heterocycles. The Morgan fingerprint density at radius 1 is 1.00 bits per heavy atom. The minimum atomic E-state index is -0.155. The molecule has 6 rings (SSSR count). The summed E-state index contributed by atoms with van der Waals surface area (Å²) in [5.41, 5.74) is 2.39. The first-order chi connectivity index (χ1) is 19.1. The lowest BCUT2D eigenvalue weighted by Gasteiger charge is -2.62. The summed E-state index contributed by atoms with van der Waals surface area (Å²) < 4.78 is 12.0. The van der Waals surface area contributed by atoms with Crippen LogP contribution in [0.1, 0.15) is 98.2 Å². The topological polar surface area (TPSA) is 81.3 Å². The highest BCUT2D eigenvalue weighted by molar-refractivity contribution is 5.74. The zero-order valence-corrected chi connectivity index (χ0v) is 25.1. The fourth-order valence-electron chi connectivity index (χ4n) is 10.5. The van der Waals surface area contributed by atoms with Crippen LogP contribution >= 0.6 is 0 Å². The van der Waals surface area contributed by atoms with Crippen molar-refractivity contribution >= 4 is 23.0 Å². The van der Waals surface area contributed by atoms with Gasteiger partial charge in [0.25, 0.3) is 0 Å². The molecule has 0 bridgehead atoms. The van der Waals surface area contributed by atoms with Gasteiger partial charge in [-0.25, -0.2) is 4.98 Å². The molecule has 218 valence electrons. The first-order valence-electron chi connectivity index (χ1n) is 15.9. The van der Waals surface area contributed by atoms with Gasteiger partial charge in [0.15, 0.2) is 0 Å². The van der Waals surface area contributed by atoms with Gasteiger partial charge >= 0.3 is 11.9 Å². The number of H-pyrrole nitrogens is 1. The number of esters is 2. The van der Waals surface area contributed by atoms with E-state index in [9.17, 15) is 9.59 Å². The Morgan fingerprint density at radius 2 is 1.77 bits per heavy atom. The summed E-state index contributed by atoms with van der Waals surface area (Å²) in [4.78, 5) is 32.5. The standard InChI is InChI=1S/C34H48N2O4/c1-20(10-15-32-35-29-8-6-7-9-30(29)36-32)26-13-14-27-25-12-11-23-18-24(39-21(2)37)16-17-33(23,4)28(25)19-31(34(26,27)5)40-22(3)38/h6-9,20,23-28,31H,10-19H2,1-5H3,(H,35,36)/t20-,23-,24+,25-,26-,27+,28-,31+,33+,34-/m1/s1. The number of carbonyl (C=O) groups excluding carboxylic acids is 2. The zero-order chi connectivity index (χ0) is 28.2. The molecule has 0 amide bonds. The molecule has 10 atom stereocenters. The van der Waals surface area contributed by atoms with Crippen LogP contribution in [0.15, 0.2) is 24.3 Å². The highest BCUT2D eigenvalue weighted by Crippen LogP contribution is 2.69. The van der Waals surface area contributed by atoms with Crippen LogP contribution in [0.25, 0.3) is 11.0 Å². The van der Waals surface area contributed by atoms with Gasteiger partial charge in [0, 0.05) is 25.7 Å². The highest BCUT2D eigenvalue weighted by atomic mass is 16.5. The number of rotatable bonds is 6. The van der Waals surface area contributed by atoms with Gasteiger partial charge in [-0.3, -0.25) is 9.59 Å². The van der Waals surface area contributed by atoms with Crippen molar-refractivity contribution in [3.8, 4) is 0 Å². The monoisotopic (exact) mass is 548 g/mol. The van der Waals surface area contributed by atoms with E-state index in [1.165, 1.54) is 32.6 Å². The molecule has 0 spiro atoms. The minimum absolute atomic E-state index is 0.0122. The number of imidazole rings is 1. The van der Waals surface area contributed by atoms with E-state index in [2.05, 4.69) is 44.0 Å². The molecule has 1 N–H and O–H groups in total. The number of nitrogens with one attached hydrogen (secondary N) is 1. The van der Waals surface area contributed by atoms with E-state index in [4.69, 9.17) is 14.5 Å². The number of benzene rings is 1. The summed E-state index contributed by atoms with van der Waals surface area (Å²) in [5, 5.41) is 0. The van der Waals surface area contributed by atoms with Crippen molar-refractivity contribution in [2.75, 3.05) is 0 Å². The molecule has 0 saturated heterocycles. The van der Waals surface area contributed by atoms with Gasteiger partial charge in [0.2, 0.25) is 0 Å². The second-order valence-corrected chi connectivity index (χ2v) is 14.3. The Morgan fingerprint density at radius 3 is 2.52 bits per heavy atom. The number of ether oxygens (including phenoxy) is 2. The molecule has 4 aliphatic rings. The van der Waals surface area contributed by atoms with Crippen molar-refractivity contribution in [1.82, 2.24) is 9.97 Å². The van der Waals surface area contributed by atoms with Crippen molar-refractivity contribution in [3.05, 3.63) is 30.1 Å². The second-order valence-electron chi connectivity index (χ2n) is 14.3. The van der Waals surface area contributed by atoms with Gasteiger partial charge < -0.3 is 14.5 Å². The van der Waals surface area contributed by atoms with Crippen LogP contribution in [0, 0.1) is 46.3 Å². The smallest absolute Gasteiger partial charge is 0.302 e. The molecule has 0 unspecified atom stereocenters. The molecule has 0 aliphatic heterocycles. The number of aromatic nitrogens is 2. The largest absolute Gasteiger partial charge is 0.463 e. The molecule has 0 radical (unpaired) electrons. The highest BCUT2D eigenvalue weighted by Gasteiger charge is 2.65. The first-order valence-corrected chi connectivity index (χ1v) is 15.9. The van der Waals surface area contributed by atoms with Gasteiger partial charge in [-0.2, -0.15) is 0 Å². The zero-order valence-electron chi connectivity index (χ0n) is 25.1. The van der Waals surface area contributed by atoms with Crippen molar-refractivity contribution in [2.24, 2.45) is 46.3 Å². The van der Waals surface area contributed by atoms with Crippen LogP contribution in [0.2, 0.25) is 0 Å². The van der Waals surface area contributed by atoms with Crippen LogP contribution in [0.4, 0.5) is 0 Å². The van der Waals surface area contributed by atoms with E-state index in [1.54, 1.807) is 6.92 Å². The van der Waals surface area contributed by atoms with E-state index < -0.39 is 0 Å². The minimum Gasteiger partial charge on any atom is -0.463 e. The Bertz CT molecular complexity index is 1220. The van der Waals surface area contributed by atoms with Crippen molar-refractivity contribution in [3.63, 3.8) is 0 Å². The van der Waals surface area contributed by atoms with Crippen LogP contribution in [0.5, 0.6) is 0 Å². The molecule has 4 saturated carbocycles.